The van der Waals surface area contributed by atoms with Crippen LogP contribution >= 0.6 is 0 Å². The van der Waals surface area contributed by atoms with Crippen molar-refractivity contribution in [2.24, 2.45) is 0 Å². The van der Waals surface area contributed by atoms with Crippen molar-refractivity contribution in [1.29, 1.82) is 0 Å². The molecular formula is C23H38N2. The summed E-state index contributed by atoms with van der Waals surface area (Å²) >= 11 is 0. The molecule has 0 aromatic heterocycles. The van der Waals surface area contributed by atoms with Crippen molar-refractivity contribution in [2.75, 3.05) is 13.1 Å². The molecule has 0 saturated heterocycles. The number of rotatable bonds is 13. The fourth-order valence-corrected chi connectivity index (χ4v) is 3.69. The van der Waals surface area contributed by atoms with Crippen molar-refractivity contribution < 1.29 is 0 Å². The molecule has 0 amide bonds. The van der Waals surface area contributed by atoms with E-state index in [1.165, 1.54) is 76.4 Å². The second kappa shape index (κ2) is 12.0. The van der Waals surface area contributed by atoms with Gasteiger partial charge in [0.1, 0.15) is 6.17 Å². The Hall–Kier alpha value is -1.44. The SMILES string of the molecule is CCCCCCCN1C=CN(CCCCCC)C1Cc1ccccc1. The smallest absolute Gasteiger partial charge is 0.105 e. The summed E-state index contributed by atoms with van der Waals surface area (Å²) in [6.07, 6.45) is 18.4. The third-order valence-corrected chi connectivity index (χ3v) is 5.27. The Morgan fingerprint density at radius 1 is 0.680 bits per heavy atom. The van der Waals surface area contributed by atoms with Gasteiger partial charge >= 0.3 is 0 Å². The minimum absolute atomic E-state index is 0.509. The summed E-state index contributed by atoms with van der Waals surface area (Å²) in [7, 11) is 0. The quantitative estimate of drug-likeness (QED) is 0.394. The molecule has 1 aliphatic heterocycles. The van der Waals surface area contributed by atoms with Gasteiger partial charge in [-0.15, -0.1) is 0 Å². The minimum atomic E-state index is 0.509. The molecule has 0 N–H and O–H groups in total. The third kappa shape index (κ3) is 7.13. The summed E-state index contributed by atoms with van der Waals surface area (Å²) in [5.41, 5.74) is 1.45. The van der Waals surface area contributed by atoms with E-state index in [0.717, 1.165) is 6.42 Å². The van der Waals surface area contributed by atoms with E-state index >= 15 is 0 Å². The van der Waals surface area contributed by atoms with Gasteiger partial charge in [0, 0.05) is 31.9 Å². The second-order valence-electron chi connectivity index (χ2n) is 7.42. The molecule has 1 aromatic carbocycles. The first-order valence-electron chi connectivity index (χ1n) is 10.6. The van der Waals surface area contributed by atoms with Crippen molar-refractivity contribution in [1.82, 2.24) is 9.80 Å². The van der Waals surface area contributed by atoms with Gasteiger partial charge in [0.25, 0.3) is 0 Å². The number of nitrogens with zero attached hydrogens (tertiary/aromatic N) is 2. The summed E-state index contributed by atoms with van der Waals surface area (Å²) in [6.45, 7) is 6.97. The summed E-state index contributed by atoms with van der Waals surface area (Å²) in [6, 6.07) is 11.0. The fraction of sp³-hybridized carbons (Fsp3) is 0.652. The third-order valence-electron chi connectivity index (χ3n) is 5.27. The lowest BCUT2D eigenvalue weighted by atomic mass is 10.1. The predicted molar refractivity (Wildman–Crippen MR) is 109 cm³/mol. The summed E-state index contributed by atoms with van der Waals surface area (Å²) < 4.78 is 0. The standard InChI is InChI=1S/C23H38N2/c1-3-5-7-9-14-18-25-20-19-24(17-13-8-6-4-2)23(25)21-22-15-11-10-12-16-22/h10-12,15-16,19-20,23H,3-9,13-14,17-18,21H2,1-2H3. The average molecular weight is 343 g/mol. The largest absolute Gasteiger partial charge is 0.356 e. The van der Waals surface area contributed by atoms with E-state index in [1.54, 1.807) is 0 Å². The van der Waals surface area contributed by atoms with Crippen LogP contribution in [0.2, 0.25) is 0 Å². The maximum atomic E-state index is 2.58. The topological polar surface area (TPSA) is 6.48 Å². The molecule has 0 aliphatic carbocycles. The normalized spacial score (nSPS) is 16.8. The molecule has 25 heavy (non-hydrogen) atoms. The Labute approximate surface area is 155 Å². The van der Waals surface area contributed by atoms with Crippen molar-refractivity contribution in [3.8, 4) is 0 Å². The Bertz CT molecular complexity index is 468. The molecule has 1 unspecified atom stereocenters. The average Bonchev–Trinajstić information content (AvgIpc) is 3.01. The minimum Gasteiger partial charge on any atom is -0.356 e. The molecule has 1 heterocycles. The van der Waals surface area contributed by atoms with Gasteiger partial charge in [-0.1, -0.05) is 89.1 Å². The van der Waals surface area contributed by atoms with Crippen LogP contribution in [0.15, 0.2) is 42.7 Å². The molecule has 0 fully saturated rings. The molecule has 2 nitrogen and oxygen atoms in total. The molecule has 1 aromatic rings. The van der Waals surface area contributed by atoms with Crippen LogP contribution in [0.1, 0.15) is 77.2 Å². The van der Waals surface area contributed by atoms with Gasteiger partial charge in [-0.05, 0) is 18.4 Å². The molecule has 0 saturated carbocycles. The van der Waals surface area contributed by atoms with Crippen LogP contribution in [0.25, 0.3) is 0 Å². The second-order valence-corrected chi connectivity index (χ2v) is 7.42. The highest BCUT2D eigenvalue weighted by Crippen LogP contribution is 2.22. The van der Waals surface area contributed by atoms with Crippen molar-refractivity contribution >= 4 is 0 Å². The molecule has 1 aliphatic rings. The highest BCUT2D eigenvalue weighted by molar-refractivity contribution is 5.17. The van der Waals surface area contributed by atoms with Crippen molar-refractivity contribution in [3.05, 3.63) is 48.3 Å². The maximum absolute atomic E-state index is 2.58. The van der Waals surface area contributed by atoms with Crippen molar-refractivity contribution in [3.63, 3.8) is 0 Å². The number of hydrogen-bond donors (Lipinski definition) is 0. The van der Waals surface area contributed by atoms with E-state index < -0.39 is 0 Å². The van der Waals surface area contributed by atoms with Crippen LogP contribution in [0.3, 0.4) is 0 Å². The molecule has 0 bridgehead atoms. The van der Waals surface area contributed by atoms with E-state index in [2.05, 4.69) is 66.4 Å². The zero-order chi connectivity index (χ0) is 17.7. The van der Waals surface area contributed by atoms with Crippen LogP contribution in [-0.4, -0.2) is 29.1 Å². The summed E-state index contributed by atoms with van der Waals surface area (Å²) in [5.74, 6) is 0. The molecule has 0 radical (unpaired) electrons. The zero-order valence-corrected chi connectivity index (χ0v) is 16.5. The lowest BCUT2D eigenvalue weighted by Crippen LogP contribution is -2.41. The van der Waals surface area contributed by atoms with E-state index in [1.807, 2.05) is 0 Å². The Kier molecular flexibility index (Phi) is 9.54. The van der Waals surface area contributed by atoms with Gasteiger partial charge in [-0.25, -0.2) is 0 Å². The fourth-order valence-electron chi connectivity index (χ4n) is 3.69. The molecular weight excluding hydrogens is 304 g/mol. The molecule has 0 spiro atoms. The monoisotopic (exact) mass is 342 g/mol. The highest BCUT2D eigenvalue weighted by atomic mass is 15.4. The molecule has 2 rings (SSSR count). The van der Waals surface area contributed by atoms with E-state index in [4.69, 9.17) is 0 Å². The van der Waals surface area contributed by atoms with Gasteiger partial charge in [0.15, 0.2) is 0 Å². The summed E-state index contributed by atoms with van der Waals surface area (Å²) in [4.78, 5) is 5.16. The predicted octanol–water partition coefficient (Wildman–Crippen LogP) is 6.19. The number of benzene rings is 1. The van der Waals surface area contributed by atoms with Gasteiger partial charge in [-0.2, -0.15) is 0 Å². The first-order chi connectivity index (χ1) is 12.3. The van der Waals surface area contributed by atoms with Crippen LogP contribution in [0, 0.1) is 0 Å². The van der Waals surface area contributed by atoms with Crippen LogP contribution in [0.4, 0.5) is 0 Å². The van der Waals surface area contributed by atoms with Gasteiger partial charge in [-0.3, -0.25) is 0 Å². The lowest BCUT2D eigenvalue weighted by Gasteiger charge is -2.33. The Morgan fingerprint density at radius 3 is 1.76 bits per heavy atom. The lowest BCUT2D eigenvalue weighted by molar-refractivity contribution is 0.148. The molecule has 140 valence electrons. The van der Waals surface area contributed by atoms with Gasteiger partial charge in [0.2, 0.25) is 0 Å². The zero-order valence-electron chi connectivity index (χ0n) is 16.5. The van der Waals surface area contributed by atoms with Crippen LogP contribution < -0.4 is 0 Å². The number of hydrogen-bond acceptors (Lipinski definition) is 2. The Morgan fingerprint density at radius 2 is 1.20 bits per heavy atom. The van der Waals surface area contributed by atoms with E-state index in [9.17, 15) is 0 Å². The molecule has 1 atom stereocenters. The first-order valence-corrected chi connectivity index (χ1v) is 10.6. The van der Waals surface area contributed by atoms with Gasteiger partial charge in [0.05, 0.1) is 0 Å². The van der Waals surface area contributed by atoms with Crippen molar-refractivity contribution in [2.45, 2.75) is 84.2 Å². The first kappa shape index (κ1) is 19.9. The van der Waals surface area contributed by atoms with Crippen LogP contribution in [-0.2, 0) is 6.42 Å². The van der Waals surface area contributed by atoms with E-state index in [-0.39, 0.29) is 0 Å². The van der Waals surface area contributed by atoms with Crippen LogP contribution in [0.5, 0.6) is 0 Å². The number of unbranched alkanes of at least 4 members (excludes halogenated alkanes) is 7. The maximum Gasteiger partial charge on any atom is 0.105 e. The summed E-state index contributed by atoms with van der Waals surface area (Å²) in [5, 5.41) is 0. The van der Waals surface area contributed by atoms with E-state index in [0.29, 0.717) is 6.17 Å². The molecule has 2 heteroatoms. The highest BCUT2D eigenvalue weighted by Gasteiger charge is 2.25. The Balaban J connectivity index is 1.86. The van der Waals surface area contributed by atoms with Gasteiger partial charge < -0.3 is 9.80 Å².